The Kier molecular flexibility index (Phi) is 6.18. The van der Waals surface area contributed by atoms with Gasteiger partial charge < -0.3 is 5.32 Å². The van der Waals surface area contributed by atoms with Crippen molar-refractivity contribution in [3.05, 3.63) is 28.2 Å². The second-order valence-corrected chi connectivity index (χ2v) is 9.29. The molecule has 0 saturated heterocycles. The monoisotopic (exact) mass is 401 g/mol. The van der Waals surface area contributed by atoms with E-state index < -0.39 is 25.8 Å². The molecule has 9 heteroatoms. The highest BCUT2D eigenvalue weighted by atomic mass is 79.9. The summed E-state index contributed by atoms with van der Waals surface area (Å²) in [4.78, 5) is 11.7. The third-order valence-corrected chi connectivity index (χ3v) is 6.19. The molecule has 0 saturated carbocycles. The van der Waals surface area contributed by atoms with Crippen LogP contribution < -0.4 is 5.32 Å². The first-order valence-electron chi connectivity index (χ1n) is 5.47. The Morgan fingerprint density at radius 1 is 1.50 bits per heavy atom. The standard InChI is InChI=1S/C11H13BrClNO4S2/c1-7(19(2)16)6-14-11(15)8-3-4-9(12)10(5-8)20(13,17)18/h3-5,7H,6H2,1-2H3,(H,14,15). The summed E-state index contributed by atoms with van der Waals surface area (Å²) in [5.74, 6) is -0.448. The van der Waals surface area contributed by atoms with Gasteiger partial charge in [-0.3, -0.25) is 9.00 Å². The van der Waals surface area contributed by atoms with Gasteiger partial charge in [-0.2, -0.15) is 0 Å². The zero-order valence-electron chi connectivity index (χ0n) is 10.7. The molecule has 5 nitrogen and oxygen atoms in total. The van der Waals surface area contributed by atoms with Gasteiger partial charge in [0, 0.05) is 49.6 Å². The number of carbonyl (C=O) groups is 1. The molecule has 0 fully saturated rings. The largest absolute Gasteiger partial charge is 0.351 e. The van der Waals surface area contributed by atoms with Gasteiger partial charge in [0.05, 0.1) is 4.90 Å². The molecule has 0 bridgehead atoms. The molecular formula is C11H13BrClNO4S2. The lowest BCUT2D eigenvalue weighted by Gasteiger charge is -2.10. The maximum absolute atomic E-state index is 11.9. The normalized spacial score (nSPS) is 14.6. The molecule has 2 atom stereocenters. The van der Waals surface area contributed by atoms with E-state index in [0.717, 1.165) is 0 Å². The van der Waals surface area contributed by atoms with Crippen LogP contribution in [0.3, 0.4) is 0 Å². The lowest BCUT2D eigenvalue weighted by atomic mass is 10.2. The predicted molar refractivity (Wildman–Crippen MR) is 83.0 cm³/mol. The molecule has 1 aromatic carbocycles. The molecule has 0 radical (unpaired) electrons. The minimum Gasteiger partial charge on any atom is -0.351 e. The van der Waals surface area contributed by atoms with Crippen molar-refractivity contribution in [3.8, 4) is 0 Å². The van der Waals surface area contributed by atoms with E-state index >= 15 is 0 Å². The van der Waals surface area contributed by atoms with Crippen LogP contribution in [0.1, 0.15) is 17.3 Å². The summed E-state index contributed by atoms with van der Waals surface area (Å²) < 4.78 is 34.2. The summed E-state index contributed by atoms with van der Waals surface area (Å²) >= 11 is 3.06. The summed E-state index contributed by atoms with van der Waals surface area (Å²) in [5.41, 5.74) is 0.168. The highest BCUT2D eigenvalue weighted by molar-refractivity contribution is 9.10. The van der Waals surface area contributed by atoms with Crippen LogP contribution in [0.15, 0.2) is 27.6 Å². The Morgan fingerprint density at radius 2 is 2.10 bits per heavy atom. The highest BCUT2D eigenvalue weighted by Gasteiger charge is 2.18. The fourth-order valence-electron chi connectivity index (χ4n) is 1.29. The summed E-state index contributed by atoms with van der Waals surface area (Å²) in [7, 11) is 0.298. The van der Waals surface area contributed by atoms with E-state index in [9.17, 15) is 17.4 Å². The molecule has 112 valence electrons. The van der Waals surface area contributed by atoms with Crippen molar-refractivity contribution < 1.29 is 17.4 Å². The number of amides is 1. The van der Waals surface area contributed by atoms with E-state index in [1.807, 2.05) is 0 Å². The van der Waals surface area contributed by atoms with Gasteiger partial charge in [-0.1, -0.05) is 0 Å². The second-order valence-electron chi connectivity index (χ2n) is 4.10. The van der Waals surface area contributed by atoms with Gasteiger partial charge >= 0.3 is 0 Å². The maximum Gasteiger partial charge on any atom is 0.262 e. The van der Waals surface area contributed by atoms with Gasteiger partial charge in [-0.25, -0.2) is 8.42 Å². The average molecular weight is 403 g/mol. The van der Waals surface area contributed by atoms with Crippen LogP contribution in [0, 0.1) is 0 Å². The summed E-state index contributed by atoms with van der Waals surface area (Å²) in [6, 6.07) is 4.10. The van der Waals surface area contributed by atoms with Crippen LogP contribution in [-0.2, 0) is 19.9 Å². The molecule has 0 aromatic heterocycles. The van der Waals surface area contributed by atoms with Gasteiger partial charge in [-0.05, 0) is 41.1 Å². The first-order valence-corrected chi connectivity index (χ1v) is 10.2. The Bertz CT molecular complexity index is 648. The van der Waals surface area contributed by atoms with Gasteiger partial charge in [0.15, 0.2) is 0 Å². The smallest absolute Gasteiger partial charge is 0.262 e. The molecule has 0 spiro atoms. The van der Waals surface area contributed by atoms with E-state index in [0.29, 0.717) is 0 Å². The third-order valence-electron chi connectivity index (χ3n) is 2.57. The van der Waals surface area contributed by atoms with Crippen LogP contribution in [0.2, 0.25) is 0 Å². The van der Waals surface area contributed by atoms with Crippen LogP contribution in [0.4, 0.5) is 0 Å². The highest BCUT2D eigenvalue weighted by Crippen LogP contribution is 2.26. The summed E-state index contributed by atoms with van der Waals surface area (Å²) in [5, 5.41) is 2.40. The molecule has 0 heterocycles. The lowest BCUT2D eigenvalue weighted by molar-refractivity contribution is 0.0954. The number of rotatable bonds is 5. The van der Waals surface area contributed by atoms with Crippen molar-refractivity contribution in [3.63, 3.8) is 0 Å². The molecule has 0 aliphatic heterocycles. The van der Waals surface area contributed by atoms with Gasteiger partial charge in [0.1, 0.15) is 0 Å². The number of hydrogen-bond donors (Lipinski definition) is 1. The summed E-state index contributed by atoms with van der Waals surface area (Å²) in [6.45, 7) is 1.98. The maximum atomic E-state index is 11.9. The quantitative estimate of drug-likeness (QED) is 0.763. The van der Waals surface area contributed by atoms with Gasteiger partial charge in [-0.15, -0.1) is 0 Å². The second kappa shape index (κ2) is 7.02. The van der Waals surface area contributed by atoms with Crippen molar-refractivity contribution in [2.45, 2.75) is 17.1 Å². The van der Waals surface area contributed by atoms with Gasteiger partial charge in [0.25, 0.3) is 15.0 Å². The summed E-state index contributed by atoms with van der Waals surface area (Å²) in [6.07, 6.45) is 1.55. The average Bonchev–Trinajstić information content (AvgIpc) is 2.34. The van der Waals surface area contributed by atoms with Crippen LogP contribution in [0.5, 0.6) is 0 Å². The minimum absolute atomic E-state index is 0.168. The van der Waals surface area contributed by atoms with E-state index in [1.165, 1.54) is 18.2 Å². The number of halogens is 2. The Balaban J connectivity index is 2.93. The molecule has 0 aliphatic carbocycles. The molecule has 1 aromatic rings. The molecule has 2 unspecified atom stereocenters. The number of nitrogens with one attached hydrogen (secondary N) is 1. The van der Waals surface area contributed by atoms with E-state index in [1.54, 1.807) is 13.2 Å². The Hall–Kier alpha value is -0.440. The van der Waals surface area contributed by atoms with Crippen LogP contribution >= 0.6 is 26.6 Å². The first kappa shape index (κ1) is 17.6. The zero-order valence-corrected chi connectivity index (χ0v) is 14.7. The first-order chi connectivity index (χ1) is 9.12. The Labute approximate surface area is 133 Å². The van der Waals surface area contributed by atoms with E-state index in [-0.39, 0.29) is 26.7 Å². The fraction of sp³-hybridized carbons (Fsp3) is 0.364. The van der Waals surface area contributed by atoms with Gasteiger partial charge in [0.2, 0.25) is 0 Å². The van der Waals surface area contributed by atoms with E-state index in [2.05, 4.69) is 21.2 Å². The predicted octanol–water partition coefficient (Wildman–Crippen LogP) is 1.87. The number of carbonyl (C=O) groups excluding carboxylic acids is 1. The van der Waals surface area contributed by atoms with Crippen LogP contribution in [0.25, 0.3) is 0 Å². The van der Waals surface area contributed by atoms with Crippen molar-refractivity contribution in [2.75, 3.05) is 12.8 Å². The number of hydrogen-bond acceptors (Lipinski definition) is 4. The molecule has 20 heavy (non-hydrogen) atoms. The molecule has 1 N–H and O–H groups in total. The molecular weight excluding hydrogens is 390 g/mol. The van der Waals surface area contributed by atoms with Crippen molar-refractivity contribution in [2.24, 2.45) is 0 Å². The van der Waals surface area contributed by atoms with Crippen molar-refractivity contribution in [1.82, 2.24) is 5.32 Å². The third kappa shape index (κ3) is 4.83. The molecule has 1 amide bonds. The number of benzene rings is 1. The molecule has 0 aliphatic rings. The lowest BCUT2D eigenvalue weighted by Crippen LogP contribution is -2.32. The van der Waals surface area contributed by atoms with Crippen LogP contribution in [-0.4, -0.2) is 36.6 Å². The fourth-order valence-corrected chi connectivity index (χ4v) is 3.72. The van der Waals surface area contributed by atoms with Crippen molar-refractivity contribution >= 4 is 52.4 Å². The SMILES string of the molecule is CC(CNC(=O)c1ccc(Br)c(S(=O)(=O)Cl)c1)S(C)=O. The zero-order chi connectivity index (χ0) is 15.5. The Morgan fingerprint density at radius 3 is 2.60 bits per heavy atom. The van der Waals surface area contributed by atoms with Crippen molar-refractivity contribution in [1.29, 1.82) is 0 Å². The molecule has 1 rings (SSSR count). The minimum atomic E-state index is -3.94. The van der Waals surface area contributed by atoms with E-state index in [4.69, 9.17) is 10.7 Å². The topological polar surface area (TPSA) is 80.3 Å².